The molecule has 2 aromatic rings. The van der Waals surface area contributed by atoms with Crippen LogP contribution in [0.5, 0.6) is 0 Å². The van der Waals surface area contributed by atoms with E-state index in [4.69, 9.17) is 0 Å². The van der Waals surface area contributed by atoms with Gasteiger partial charge < -0.3 is 5.32 Å². The van der Waals surface area contributed by atoms with E-state index in [2.05, 4.69) is 15.4 Å². The monoisotopic (exact) mass is 264 g/mol. The zero-order chi connectivity index (χ0) is 13.1. The highest BCUT2D eigenvalue weighted by Gasteiger charge is 2.09. The highest BCUT2D eigenvalue weighted by molar-refractivity contribution is 7.11. The molecule has 1 amide bonds. The van der Waals surface area contributed by atoms with Crippen molar-refractivity contribution in [3.05, 3.63) is 33.5 Å². The number of carbonyl (C=O) groups excluding carboxylic acids is 1. The zero-order valence-electron chi connectivity index (χ0n) is 10.7. The Morgan fingerprint density at radius 2 is 2.28 bits per heavy atom. The highest BCUT2D eigenvalue weighted by atomic mass is 32.1. The first-order chi connectivity index (χ1) is 8.60. The number of thiazole rings is 1. The summed E-state index contributed by atoms with van der Waals surface area (Å²) in [5, 5.41) is 7.85. The summed E-state index contributed by atoms with van der Waals surface area (Å²) in [6.45, 7) is 7.22. The van der Waals surface area contributed by atoms with Gasteiger partial charge in [-0.2, -0.15) is 5.10 Å². The van der Waals surface area contributed by atoms with Gasteiger partial charge in [0.1, 0.15) is 5.01 Å². The molecule has 0 atom stereocenters. The number of aryl methyl sites for hydroxylation is 3. The lowest BCUT2D eigenvalue weighted by Gasteiger charge is -1.99. The maximum absolute atomic E-state index is 11.9. The van der Waals surface area contributed by atoms with Gasteiger partial charge in [-0.25, -0.2) is 4.98 Å². The first-order valence-electron chi connectivity index (χ1n) is 5.83. The average molecular weight is 264 g/mol. The van der Waals surface area contributed by atoms with E-state index >= 15 is 0 Å². The molecule has 0 bridgehead atoms. The minimum atomic E-state index is -0.111. The molecule has 0 saturated heterocycles. The molecule has 5 nitrogen and oxygen atoms in total. The number of nitrogens with zero attached hydrogens (tertiary/aromatic N) is 3. The van der Waals surface area contributed by atoms with Crippen molar-refractivity contribution in [2.75, 3.05) is 0 Å². The number of hydrogen-bond donors (Lipinski definition) is 1. The quantitative estimate of drug-likeness (QED) is 0.917. The Kier molecular flexibility index (Phi) is 3.76. The molecule has 0 saturated carbocycles. The lowest BCUT2D eigenvalue weighted by molar-refractivity contribution is 0.0951. The molecule has 0 aliphatic rings. The summed E-state index contributed by atoms with van der Waals surface area (Å²) >= 11 is 1.61. The van der Waals surface area contributed by atoms with Gasteiger partial charge in [0, 0.05) is 17.6 Å². The van der Waals surface area contributed by atoms with E-state index in [0.717, 1.165) is 17.2 Å². The van der Waals surface area contributed by atoms with E-state index in [1.165, 1.54) is 4.88 Å². The summed E-state index contributed by atoms with van der Waals surface area (Å²) in [4.78, 5) is 17.4. The Labute approximate surface area is 110 Å². The van der Waals surface area contributed by atoms with Gasteiger partial charge in [0.2, 0.25) is 0 Å². The average Bonchev–Trinajstić information content (AvgIpc) is 2.94. The third kappa shape index (κ3) is 2.76. The molecule has 2 rings (SSSR count). The molecule has 0 aliphatic heterocycles. The van der Waals surface area contributed by atoms with Crippen LogP contribution < -0.4 is 5.32 Å². The minimum Gasteiger partial charge on any atom is -0.345 e. The predicted molar refractivity (Wildman–Crippen MR) is 70.7 cm³/mol. The van der Waals surface area contributed by atoms with E-state index in [9.17, 15) is 4.79 Å². The molecule has 0 fully saturated rings. The van der Waals surface area contributed by atoms with Gasteiger partial charge in [0.25, 0.3) is 5.91 Å². The fraction of sp³-hybridized carbons (Fsp3) is 0.417. The molecule has 18 heavy (non-hydrogen) atoms. The second-order valence-corrected chi connectivity index (χ2v) is 5.30. The van der Waals surface area contributed by atoms with Crippen molar-refractivity contribution in [2.45, 2.75) is 33.9 Å². The summed E-state index contributed by atoms with van der Waals surface area (Å²) in [5.74, 6) is -0.111. The molecule has 0 radical (unpaired) electrons. The number of nitrogens with one attached hydrogen (secondary N) is 1. The molecule has 1 N–H and O–H groups in total. The van der Waals surface area contributed by atoms with Gasteiger partial charge in [0.15, 0.2) is 0 Å². The highest BCUT2D eigenvalue weighted by Crippen LogP contribution is 2.16. The van der Waals surface area contributed by atoms with E-state index in [0.29, 0.717) is 12.1 Å². The number of amides is 1. The zero-order valence-corrected chi connectivity index (χ0v) is 11.5. The van der Waals surface area contributed by atoms with Crippen molar-refractivity contribution in [1.82, 2.24) is 20.1 Å². The Morgan fingerprint density at radius 3 is 2.83 bits per heavy atom. The van der Waals surface area contributed by atoms with Crippen LogP contribution in [0.3, 0.4) is 0 Å². The molecule has 0 unspecified atom stereocenters. The molecule has 0 spiro atoms. The molecule has 2 aromatic heterocycles. The lowest BCUT2D eigenvalue weighted by Crippen LogP contribution is -2.22. The van der Waals surface area contributed by atoms with Crippen molar-refractivity contribution >= 4 is 17.2 Å². The third-order valence-electron chi connectivity index (χ3n) is 2.69. The summed E-state index contributed by atoms with van der Waals surface area (Å²) in [6, 6.07) is 0. The molecule has 6 heteroatoms. The normalized spacial score (nSPS) is 10.6. The van der Waals surface area contributed by atoms with E-state index < -0.39 is 0 Å². The number of rotatable bonds is 4. The fourth-order valence-electron chi connectivity index (χ4n) is 1.53. The lowest BCUT2D eigenvalue weighted by atomic mass is 10.3. The summed E-state index contributed by atoms with van der Waals surface area (Å²) in [5.41, 5.74) is 1.62. The molecular weight excluding hydrogens is 248 g/mol. The van der Waals surface area contributed by atoms with Gasteiger partial charge in [-0.05, 0) is 20.8 Å². The van der Waals surface area contributed by atoms with Crippen molar-refractivity contribution in [3.8, 4) is 0 Å². The molecule has 0 aromatic carbocycles. The second-order valence-electron chi connectivity index (χ2n) is 4.02. The van der Waals surface area contributed by atoms with Crippen LogP contribution in [0.25, 0.3) is 0 Å². The fourth-order valence-corrected chi connectivity index (χ4v) is 2.40. The summed E-state index contributed by atoms with van der Waals surface area (Å²) in [7, 11) is 0. The maximum Gasteiger partial charge on any atom is 0.254 e. The second kappa shape index (κ2) is 5.30. The van der Waals surface area contributed by atoms with Crippen molar-refractivity contribution in [2.24, 2.45) is 0 Å². The topological polar surface area (TPSA) is 59.8 Å². The van der Waals surface area contributed by atoms with Crippen molar-refractivity contribution < 1.29 is 4.79 Å². The van der Waals surface area contributed by atoms with Gasteiger partial charge >= 0.3 is 0 Å². The van der Waals surface area contributed by atoms with Crippen LogP contribution >= 0.6 is 11.3 Å². The predicted octanol–water partition coefficient (Wildman–Crippen LogP) is 1.91. The van der Waals surface area contributed by atoms with Gasteiger partial charge in [-0.1, -0.05) is 0 Å². The number of aromatic nitrogens is 3. The van der Waals surface area contributed by atoms with Gasteiger partial charge in [-0.3, -0.25) is 9.48 Å². The van der Waals surface area contributed by atoms with Crippen LogP contribution in [0.1, 0.15) is 32.9 Å². The molecule has 0 aliphatic carbocycles. The molecule has 2 heterocycles. The van der Waals surface area contributed by atoms with Gasteiger partial charge in [0.05, 0.1) is 24.0 Å². The summed E-state index contributed by atoms with van der Waals surface area (Å²) < 4.78 is 1.73. The largest absolute Gasteiger partial charge is 0.345 e. The molecular formula is C12H16N4OS. The Morgan fingerprint density at radius 1 is 1.50 bits per heavy atom. The van der Waals surface area contributed by atoms with E-state index in [1.807, 2.05) is 20.8 Å². The Hall–Kier alpha value is -1.69. The van der Waals surface area contributed by atoms with Crippen LogP contribution in [0.2, 0.25) is 0 Å². The van der Waals surface area contributed by atoms with E-state index in [-0.39, 0.29) is 5.91 Å². The SMILES string of the molecule is CCn1cc(C(=O)NCc2nc(C)c(C)s2)cn1. The van der Waals surface area contributed by atoms with Gasteiger partial charge in [-0.15, -0.1) is 11.3 Å². The van der Waals surface area contributed by atoms with Crippen LogP contribution in [0.15, 0.2) is 12.4 Å². The first-order valence-corrected chi connectivity index (χ1v) is 6.65. The standard InChI is InChI=1S/C12H16N4OS/c1-4-16-7-10(5-14-16)12(17)13-6-11-15-8(2)9(3)18-11/h5,7H,4,6H2,1-3H3,(H,13,17). The van der Waals surface area contributed by atoms with Crippen LogP contribution in [0, 0.1) is 13.8 Å². The smallest absolute Gasteiger partial charge is 0.254 e. The Balaban J connectivity index is 1.95. The summed E-state index contributed by atoms with van der Waals surface area (Å²) in [6.07, 6.45) is 3.32. The first kappa shape index (κ1) is 12.8. The van der Waals surface area contributed by atoms with Crippen molar-refractivity contribution in [3.63, 3.8) is 0 Å². The third-order valence-corrected chi connectivity index (χ3v) is 3.77. The minimum absolute atomic E-state index is 0.111. The van der Waals surface area contributed by atoms with Crippen LogP contribution in [-0.4, -0.2) is 20.7 Å². The maximum atomic E-state index is 11.9. The molecule has 96 valence electrons. The Bertz CT molecular complexity index is 539. The van der Waals surface area contributed by atoms with Crippen LogP contribution in [-0.2, 0) is 13.1 Å². The van der Waals surface area contributed by atoms with E-state index in [1.54, 1.807) is 28.4 Å². The number of carbonyl (C=O) groups is 1. The number of hydrogen-bond acceptors (Lipinski definition) is 4. The van der Waals surface area contributed by atoms with Crippen LogP contribution in [0.4, 0.5) is 0 Å². The van der Waals surface area contributed by atoms with Crippen molar-refractivity contribution in [1.29, 1.82) is 0 Å².